The summed E-state index contributed by atoms with van der Waals surface area (Å²) in [4.78, 5) is 21.3. The number of Topliss-reactive ketones (excluding diaryl/α,β-unsaturated/α-hetero) is 1. The molecule has 0 aliphatic heterocycles. The van der Waals surface area contributed by atoms with Gasteiger partial charge in [0.1, 0.15) is 23.5 Å². The number of aliphatic hydroxyl groups excluding tert-OH is 1. The second kappa shape index (κ2) is 10.6. The predicted octanol–water partition coefficient (Wildman–Crippen LogP) is 3.92. The van der Waals surface area contributed by atoms with Crippen molar-refractivity contribution in [2.45, 2.75) is 37.0 Å². The standard InChI is InChI=1S/C22H24N4O2S/c1-5-18-19(12-23)22(25-21(26(3)4)20(18)24-2)29-14-16-8-6-15(7-9-16)10-11-17(28)13-27/h6-9,27H,5,10-11,13-14H2,1,3-4H3. The molecular weight excluding hydrogens is 384 g/mol. The minimum atomic E-state index is -0.413. The molecular formula is C22H24N4O2S. The van der Waals surface area contributed by atoms with Crippen molar-refractivity contribution in [2.24, 2.45) is 0 Å². The molecule has 1 aromatic heterocycles. The Labute approximate surface area is 176 Å². The van der Waals surface area contributed by atoms with Crippen LogP contribution in [0.4, 0.5) is 11.5 Å². The molecule has 0 fully saturated rings. The van der Waals surface area contributed by atoms with Gasteiger partial charge in [-0.1, -0.05) is 31.2 Å². The largest absolute Gasteiger partial charge is 0.389 e. The SMILES string of the molecule is [C-]#[N+]c1c(N(C)C)nc(SCc2ccc(CCC(=O)CO)cc2)c(C#N)c1CC. The average Bonchev–Trinajstić information content (AvgIpc) is 2.75. The van der Waals surface area contributed by atoms with Crippen molar-refractivity contribution in [2.75, 3.05) is 25.6 Å². The van der Waals surface area contributed by atoms with Crippen molar-refractivity contribution in [1.82, 2.24) is 4.98 Å². The van der Waals surface area contributed by atoms with E-state index >= 15 is 0 Å². The maximum atomic E-state index is 11.2. The molecule has 7 heteroatoms. The number of benzene rings is 1. The van der Waals surface area contributed by atoms with Crippen molar-refractivity contribution in [3.8, 4) is 6.07 Å². The van der Waals surface area contributed by atoms with Crippen molar-refractivity contribution in [3.63, 3.8) is 0 Å². The number of pyridine rings is 1. The number of nitrogens with zero attached hydrogens (tertiary/aromatic N) is 4. The van der Waals surface area contributed by atoms with Gasteiger partial charge in [-0.05, 0) is 29.5 Å². The first-order chi connectivity index (χ1) is 13.9. The van der Waals surface area contributed by atoms with E-state index in [0.29, 0.717) is 47.1 Å². The smallest absolute Gasteiger partial charge is 0.232 e. The molecule has 0 bridgehead atoms. The summed E-state index contributed by atoms with van der Waals surface area (Å²) >= 11 is 1.48. The van der Waals surface area contributed by atoms with Crippen LogP contribution in [-0.2, 0) is 23.4 Å². The number of carbonyl (C=O) groups excluding carboxylic acids is 1. The van der Waals surface area contributed by atoms with Gasteiger partial charge in [-0.2, -0.15) is 5.26 Å². The van der Waals surface area contributed by atoms with Gasteiger partial charge in [0.2, 0.25) is 5.69 Å². The first-order valence-corrected chi connectivity index (χ1v) is 10.3. The molecule has 29 heavy (non-hydrogen) atoms. The Kier molecular flexibility index (Phi) is 8.21. The van der Waals surface area contributed by atoms with Crippen LogP contribution in [0.2, 0.25) is 0 Å². The fourth-order valence-corrected chi connectivity index (χ4v) is 3.86. The summed E-state index contributed by atoms with van der Waals surface area (Å²) in [5, 5.41) is 19.1. The molecule has 0 aliphatic carbocycles. The Balaban J connectivity index is 2.22. The number of aromatic nitrogens is 1. The molecule has 0 amide bonds. The number of hydrogen-bond donors (Lipinski definition) is 1. The molecule has 0 saturated heterocycles. The molecule has 6 nitrogen and oxygen atoms in total. The van der Waals surface area contributed by atoms with Crippen LogP contribution in [0.25, 0.3) is 4.85 Å². The van der Waals surface area contributed by atoms with Gasteiger partial charge >= 0.3 is 0 Å². The van der Waals surface area contributed by atoms with E-state index < -0.39 is 6.61 Å². The molecule has 0 unspecified atom stereocenters. The monoisotopic (exact) mass is 408 g/mol. The number of nitriles is 1. The normalized spacial score (nSPS) is 10.3. The number of hydrogen-bond acceptors (Lipinski definition) is 6. The van der Waals surface area contributed by atoms with Gasteiger partial charge in [0.05, 0.1) is 12.1 Å². The lowest BCUT2D eigenvalue weighted by Crippen LogP contribution is -2.13. The van der Waals surface area contributed by atoms with Gasteiger partial charge in [0.15, 0.2) is 5.78 Å². The molecule has 1 heterocycles. The van der Waals surface area contributed by atoms with E-state index in [0.717, 1.165) is 16.7 Å². The number of aryl methyl sites for hydroxylation is 1. The van der Waals surface area contributed by atoms with Gasteiger partial charge in [-0.15, -0.1) is 11.8 Å². The van der Waals surface area contributed by atoms with E-state index in [-0.39, 0.29) is 5.78 Å². The lowest BCUT2D eigenvalue weighted by Gasteiger charge is -2.18. The molecule has 150 valence electrons. The highest BCUT2D eigenvalue weighted by Crippen LogP contribution is 2.38. The molecule has 0 radical (unpaired) electrons. The quantitative estimate of drug-likeness (QED) is 0.500. The minimum absolute atomic E-state index is 0.161. The summed E-state index contributed by atoms with van der Waals surface area (Å²) in [5.74, 6) is 1.07. The number of thioether (sulfide) groups is 1. The lowest BCUT2D eigenvalue weighted by atomic mass is 10.1. The van der Waals surface area contributed by atoms with Crippen molar-refractivity contribution < 1.29 is 9.90 Å². The zero-order valence-corrected chi connectivity index (χ0v) is 17.7. The second-order valence-corrected chi connectivity index (χ2v) is 7.68. The Morgan fingerprint density at radius 3 is 2.48 bits per heavy atom. The number of anilines is 1. The van der Waals surface area contributed by atoms with E-state index in [1.54, 1.807) is 4.90 Å². The summed E-state index contributed by atoms with van der Waals surface area (Å²) in [5.41, 5.74) is 3.79. The summed E-state index contributed by atoms with van der Waals surface area (Å²) in [6.45, 7) is 9.03. The first-order valence-electron chi connectivity index (χ1n) is 9.30. The highest BCUT2D eigenvalue weighted by atomic mass is 32.2. The summed E-state index contributed by atoms with van der Waals surface area (Å²) in [7, 11) is 3.69. The summed E-state index contributed by atoms with van der Waals surface area (Å²) < 4.78 is 0. The van der Waals surface area contributed by atoms with Crippen LogP contribution in [0, 0.1) is 17.9 Å². The van der Waals surface area contributed by atoms with Crippen LogP contribution in [-0.4, -0.2) is 36.6 Å². The van der Waals surface area contributed by atoms with E-state index in [4.69, 9.17) is 11.7 Å². The van der Waals surface area contributed by atoms with Crippen molar-refractivity contribution in [1.29, 1.82) is 5.26 Å². The topological polar surface area (TPSA) is 81.6 Å². The number of rotatable bonds is 9. The summed E-state index contributed by atoms with van der Waals surface area (Å²) in [6.07, 6.45) is 1.54. The molecule has 1 N–H and O–H groups in total. The number of ketones is 1. The third kappa shape index (κ3) is 5.57. The van der Waals surface area contributed by atoms with Crippen LogP contribution >= 0.6 is 11.8 Å². The predicted molar refractivity (Wildman–Crippen MR) is 115 cm³/mol. The van der Waals surface area contributed by atoms with E-state index in [2.05, 4.69) is 15.9 Å². The fourth-order valence-electron chi connectivity index (χ4n) is 2.90. The van der Waals surface area contributed by atoms with Gasteiger partial charge in [0, 0.05) is 26.3 Å². The molecule has 0 saturated carbocycles. The highest BCUT2D eigenvalue weighted by molar-refractivity contribution is 7.98. The second-order valence-electron chi connectivity index (χ2n) is 6.72. The molecule has 2 aromatic rings. The van der Waals surface area contributed by atoms with E-state index in [1.165, 1.54) is 11.8 Å². The van der Waals surface area contributed by atoms with Gasteiger partial charge in [-0.25, -0.2) is 9.83 Å². The number of aliphatic hydroxyl groups is 1. The van der Waals surface area contributed by atoms with Crippen LogP contribution in [0.1, 0.15) is 35.6 Å². The van der Waals surface area contributed by atoms with Crippen molar-refractivity contribution >= 4 is 29.1 Å². The summed E-state index contributed by atoms with van der Waals surface area (Å²) in [6, 6.07) is 10.2. The Hall–Kier alpha value is -2.87. The van der Waals surface area contributed by atoms with Crippen LogP contribution in [0.5, 0.6) is 0 Å². The Morgan fingerprint density at radius 2 is 1.97 bits per heavy atom. The Morgan fingerprint density at radius 1 is 1.31 bits per heavy atom. The van der Waals surface area contributed by atoms with Gasteiger partial charge in [-0.3, -0.25) is 4.79 Å². The van der Waals surface area contributed by atoms with Crippen LogP contribution in [0.3, 0.4) is 0 Å². The molecule has 0 atom stereocenters. The third-order valence-corrected chi connectivity index (χ3v) is 5.54. The molecule has 2 rings (SSSR count). The number of carbonyl (C=O) groups is 1. The van der Waals surface area contributed by atoms with Crippen molar-refractivity contribution in [3.05, 3.63) is 57.9 Å². The average molecular weight is 409 g/mol. The van der Waals surface area contributed by atoms with Crippen LogP contribution < -0.4 is 4.90 Å². The minimum Gasteiger partial charge on any atom is -0.389 e. The Bertz CT molecular complexity index is 957. The third-order valence-electron chi connectivity index (χ3n) is 4.49. The van der Waals surface area contributed by atoms with Gasteiger partial charge < -0.3 is 10.0 Å². The zero-order valence-electron chi connectivity index (χ0n) is 16.9. The van der Waals surface area contributed by atoms with Crippen LogP contribution in [0.15, 0.2) is 29.3 Å². The molecule has 0 spiro atoms. The highest BCUT2D eigenvalue weighted by Gasteiger charge is 2.20. The first kappa shape index (κ1) is 22.4. The maximum absolute atomic E-state index is 11.2. The molecule has 1 aromatic carbocycles. The maximum Gasteiger partial charge on any atom is 0.232 e. The van der Waals surface area contributed by atoms with Gasteiger partial charge in [0.25, 0.3) is 0 Å². The van der Waals surface area contributed by atoms with E-state index in [9.17, 15) is 10.1 Å². The molecule has 0 aliphatic rings. The fraction of sp³-hybridized carbons (Fsp3) is 0.364. The van der Waals surface area contributed by atoms with E-state index in [1.807, 2.05) is 45.3 Å². The lowest BCUT2D eigenvalue weighted by molar-refractivity contribution is -0.121. The zero-order chi connectivity index (χ0) is 21.4.